The maximum Gasteiger partial charge on any atom is 0.309 e. The average molecular weight is 358 g/mol. The number of aryl methyl sites for hydroxylation is 1. The Morgan fingerprint density at radius 3 is 2.65 bits per heavy atom. The summed E-state index contributed by atoms with van der Waals surface area (Å²) in [5.41, 5.74) is 2.68. The van der Waals surface area contributed by atoms with Crippen molar-refractivity contribution in [2.45, 2.75) is 45.1 Å². The Morgan fingerprint density at radius 1 is 1.19 bits per heavy atom. The number of ether oxygens (including phenoxy) is 1. The molecule has 1 amide bonds. The standard InChI is InChI=1S/C21H30N2O3/c1-3-26-21(25)17-11-13-23(14-12-17)15-20(24)22(2)19-10-6-8-16-7-4-5-9-18(16)19/h4-5,7,9,17,19H,3,6,8,10-15H2,1-2H3. The minimum Gasteiger partial charge on any atom is -0.466 e. The summed E-state index contributed by atoms with van der Waals surface area (Å²) in [7, 11) is 1.93. The number of amides is 1. The fourth-order valence-electron chi connectivity index (χ4n) is 4.19. The van der Waals surface area contributed by atoms with E-state index < -0.39 is 0 Å². The van der Waals surface area contributed by atoms with Crippen molar-refractivity contribution in [3.8, 4) is 0 Å². The number of carbonyl (C=O) groups is 2. The zero-order valence-electron chi connectivity index (χ0n) is 15.9. The minimum atomic E-state index is -0.0885. The van der Waals surface area contributed by atoms with Gasteiger partial charge >= 0.3 is 5.97 Å². The molecule has 1 saturated heterocycles. The van der Waals surface area contributed by atoms with Crippen LogP contribution in [0.25, 0.3) is 0 Å². The van der Waals surface area contributed by atoms with E-state index in [4.69, 9.17) is 4.74 Å². The molecular formula is C21H30N2O3. The predicted molar refractivity (Wildman–Crippen MR) is 101 cm³/mol. The predicted octanol–water partition coefficient (Wildman–Crippen LogP) is 2.80. The lowest BCUT2D eigenvalue weighted by Crippen LogP contribution is -2.44. The van der Waals surface area contributed by atoms with Gasteiger partial charge in [-0.1, -0.05) is 24.3 Å². The molecule has 1 aromatic rings. The minimum absolute atomic E-state index is 0.00995. The molecule has 0 bridgehead atoms. The highest BCUT2D eigenvalue weighted by Gasteiger charge is 2.30. The highest BCUT2D eigenvalue weighted by atomic mass is 16.5. The molecule has 0 radical (unpaired) electrons. The van der Waals surface area contributed by atoms with E-state index in [1.165, 1.54) is 11.1 Å². The van der Waals surface area contributed by atoms with Gasteiger partial charge in [0.05, 0.1) is 25.1 Å². The van der Waals surface area contributed by atoms with E-state index in [0.717, 1.165) is 45.2 Å². The molecule has 0 saturated carbocycles. The summed E-state index contributed by atoms with van der Waals surface area (Å²) in [5.74, 6) is 0.0694. The maximum absolute atomic E-state index is 12.8. The van der Waals surface area contributed by atoms with Crippen LogP contribution in [0.15, 0.2) is 24.3 Å². The van der Waals surface area contributed by atoms with Crippen molar-refractivity contribution < 1.29 is 14.3 Å². The molecular weight excluding hydrogens is 328 g/mol. The van der Waals surface area contributed by atoms with E-state index in [-0.39, 0.29) is 23.8 Å². The molecule has 2 aliphatic rings. The molecule has 5 heteroatoms. The molecule has 1 atom stereocenters. The van der Waals surface area contributed by atoms with Crippen LogP contribution >= 0.6 is 0 Å². The van der Waals surface area contributed by atoms with Crippen LogP contribution in [0.3, 0.4) is 0 Å². The molecule has 142 valence electrons. The summed E-state index contributed by atoms with van der Waals surface area (Å²) in [6.45, 7) is 4.27. The monoisotopic (exact) mass is 358 g/mol. The van der Waals surface area contributed by atoms with Gasteiger partial charge in [0, 0.05) is 7.05 Å². The van der Waals surface area contributed by atoms with Gasteiger partial charge in [-0.15, -0.1) is 0 Å². The Kier molecular flexibility index (Phi) is 6.30. The van der Waals surface area contributed by atoms with Crippen molar-refractivity contribution in [3.05, 3.63) is 35.4 Å². The highest BCUT2D eigenvalue weighted by molar-refractivity contribution is 5.78. The molecule has 5 nitrogen and oxygen atoms in total. The smallest absolute Gasteiger partial charge is 0.309 e. The second-order valence-electron chi connectivity index (χ2n) is 7.41. The Balaban J connectivity index is 1.54. The van der Waals surface area contributed by atoms with Crippen LogP contribution < -0.4 is 0 Å². The third-order valence-corrected chi connectivity index (χ3v) is 5.77. The lowest BCUT2D eigenvalue weighted by atomic mass is 9.87. The quantitative estimate of drug-likeness (QED) is 0.760. The Morgan fingerprint density at radius 2 is 1.92 bits per heavy atom. The number of fused-ring (bicyclic) bond motifs is 1. The van der Waals surface area contributed by atoms with Gasteiger partial charge in [0.15, 0.2) is 0 Å². The number of rotatable bonds is 5. The van der Waals surface area contributed by atoms with Crippen LogP contribution in [0, 0.1) is 5.92 Å². The van der Waals surface area contributed by atoms with Crippen LogP contribution in [0.4, 0.5) is 0 Å². The van der Waals surface area contributed by atoms with E-state index in [9.17, 15) is 9.59 Å². The topological polar surface area (TPSA) is 49.9 Å². The van der Waals surface area contributed by atoms with E-state index in [1.54, 1.807) is 0 Å². The van der Waals surface area contributed by atoms with Crippen LogP contribution in [-0.2, 0) is 20.7 Å². The molecule has 26 heavy (non-hydrogen) atoms. The van der Waals surface area contributed by atoms with E-state index in [1.807, 2.05) is 18.9 Å². The highest BCUT2D eigenvalue weighted by Crippen LogP contribution is 2.33. The Bertz CT molecular complexity index is 638. The van der Waals surface area contributed by atoms with E-state index in [2.05, 4.69) is 29.2 Å². The molecule has 1 aromatic carbocycles. The average Bonchev–Trinajstić information content (AvgIpc) is 2.67. The molecule has 0 aromatic heterocycles. The molecule has 1 aliphatic heterocycles. The zero-order valence-corrected chi connectivity index (χ0v) is 15.9. The fraction of sp³-hybridized carbons (Fsp3) is 0.619. The van der Waals surface area contributed by atoms with Crippen molar-refractivity contribution in [3.63, 3.8) is 0 Å². The lowest BCUT2D eigenvalue weighted by Gasteiger charge is -2.36. The lowest BCUT2D eigenvalue weighted by molar-refractivity contribution is -0.149. The van der Waals surface area contributed by atoms with Crippen molar-refractivity contribution >= 4 is 11.9 Å². The van der Waals surface area contributed by atoms with Gasteiger partial charge in [-0.25, -0.2) is 0 Å². The second-order valence-corrected chi connectivity index (χ2v) is 7.41. The number of likely N-dealkylation sites (tertiary alicyclic amines) is 1. The Hall–Kier alpha value is -1.88. The van der Waals surface area contributed by atoms with Crippen LogP contribution in [-0.4, -0.2) is 55.0 Å². The van der Waals surface area contributed by atoms with Gasteiger partial charge in [-0.3, -0.25) is 14.5 Å². The summed E-state index contributed by atoms with van der Waals surface area (Å²) in [6.07, 6.45) is 4.83. The first-order chi connectivity index (χ1) is 12.6. The summed E-state index contributed by atoms with van der Waals surface area (Å²) >= 11 is 0. The SMILES string of the molecule is CCOC(=O)C1CCN(CC(=O)N(C)C2CCCc3ccccc32)CC1. The van der Waals surface area contributed by atoms with Gasteiger partial charge in [-0.05, 0) is 63.2 Å². The molecule has 0 spiro atoms. The Labute approximate surface area is 156 Å². The number of hydrogen-bond acceptors (Lipinski definition) is 4. The maximum atomic E-state index is 12.8. The third-order valence-electron chi connectivity index (χ3n) is 5.77. The van der Waals surface area contributed by atoms with Crippen LogP contribution in [0.1, 0.15) is 49.8 Å². The van der Waals surface area contributed by atoms with E-state index in [0.29, 0.717) is 13.2 Å². The van der Waals surface area contributed by atoms with Crippen molar-refractivity contribution in [2.24, 2.45) is 5.92 Å². The van der Waals surface area contributed by atoms with Crippen LogP contribution in [0.2, 0.25) is 0 Å². The first kappa shape index (κ1) is 18.9. The number of likely N-dealkylation sites (N-methyl/N-ethyl adjacent to an activating group) is 1. The molecule has 3 rings (SSSR count). The van der Waals surface area contributed by atoms with Gasteiger partial charge in [-0.2, -0.15) is 0 Å². The summed E-state index contributed by atoms with van der Waals surface area (Å²) in [6, 6.07) is 8.67. The van der Waals surface area contributed by atoms with Crippen molar-refractivity contribution in [2.75, 3.05) is 33.3 Å². The third kappa shape index (κ3) is 4.26. The number of esters is 1. The van der Waals surface area contributed by atoms with Gasteiger partial charge in [0.25, 0.3) is 0 Å². The summed E-state index contributed by atoms with van der Waals surface area (Å²) in [4.78, 5) is 28.8. The molecule has 1 unspecified atom stereocenters. The molecule has 0 N–H and O–H groups in total. The molecule has 1 heterocycles. The van der Waals surface area contributed by atoms with Crippen molar-refractivity contribution in [1.82, 2.24) is 9.80 Å². The first-order valence-corrected chi connectivity index (χ1v) is 9.82. The summed E-state index contributed by atoms with van der Waals surface area (Å²) in [5, 5.41) is 0. The number of benzene rings is 1. The van der Waals surface area contributed by atoms with E-state index >= 15 is 0 Å². The van der Waals surface area contributed by atoms with Gasteiger partial charge < -0.3 is 9.64 Å². The normalized spacial score (nSPS) is 21.1. The second kappa shape index (κ2) is 8.67. The summed E-state index contributed by atoms with van der Waals surface area (Å²) < 4.78 is 5.12. The number of nitrogens with zero attached hydrogens (tertiary/aromatic N) is 2. The van der Waals surface area contributed by atoms with Crippen LogP contribution in [0.5, 0.6) is 0 Å². The number of piperidine rings is 1. The number of carbonyl (C=O) groups excluding carboxylic acids is 2. The first-order valence-electron chi connectivity index (χ1n) is 9.82. The van der Waals surface area contributed by atoms with Gasteiger partial charge in [0.2, 0.25) is 5.91 Å². The largest absolute Gasteiger partial charge is 0.466 e. The molecule has 1 fully saturated rings. The zero-order chi connectivity index (χ0) is 18.5. The van der Waals surface area contributed by atoms with Crippen molar-refractivity contribution in [1.29, 1.82) is 0 Å². The fourth-order valence-corrected chi connectivity index (χ4v) is 4.19. The number of hydrogen-bond donors (Lipinski definition) is 0. The van der Waals surface area contributed by atoms with Gasteiger partial charge in [0.1, 0.15) is 0 Å². The molecule has 1 aliphatic carbocycles.